The standard InChI is InChI=1S/C16H28N4O/c1-12(2)21-15-11-13(3)18-16(19-15)17-8-5-14-6-9-20(4)10-7-14/h11-12,14H,5-10H2,1-4H3,(H,17,18,19). The predicted octanol–water partition coefficient (Wildman–Crippen LogP) is 2.72. The van der Waals surface area contributed by atoms with Gasteiger partial charge < -0.3 is 15.0 Å². The number of ether oxygens (including phenoxy) is 1. The van der Waals surface area contributed by atoms with Crippen LogP contribution in [0.5, 0.6) is 5.88 Å². The average molecular weight is 292 g/mol. The van der Waals surface area contributed by atoms with Gasteiger partial charge in [0, 0.05) is 18.3 Å². The first-order valence-corrected chi connectivity index (χ1v) is 7.97. The van der Waals surface area contributed by atoms with E-state index in [1.807, 2.05) is 26.8 Å². The van der Waals surface area contributed by atoms with Gasteiger partial charge in [-0.15, -0.1) is 0 Å². The third-order valence-electron chi connectivity index (χ3n) is 3.86. The van der Waals surface area contributed by atoms with E-state index in [0.29, 0.717) is 11.8 Å². The summed E-state index contributed by atoms with van der Waals surface area (Å²) in [4.78, 5) is 11.2. The molecule has 0 saturated carbocycles. The van der Waals surface area contributed by atoms with Crippen molar-refractivity contribution in [2.24, 2.45) is 5.92 Å². The number of likely N-dealkylation sites (tertiary alicyclic amines) is 1. The van der Waals surface area contributed by atoms with E-state index in [-0.39, 0.29) is 6.10 Å². The molecule has 0 aromatic carbocycles. The van der Waals surface area contributed by atoms with E-state index in [4.69, 9.17) is 4.74 Å². The van der Waals surface area contributed by atoms with E-state index >= 15 is 0 Å². The number of anilines is 1. The van der Waals surface area contributed by atoms with Crippen LogP contribution in [-0.2, 0) is 0 Å². The third-order valence-corrected chi connectivity index (χ3v) is 3.86. The summed E-state index contributed by atoms with van der Waals surface area (Å²) in [6.45, 7) is 9.35. The molecule has 1 aromatic heterocycles. The van der Waals surface area contributed by atoms with Crippen LogP contribution in [0.25, 0.3) is 0 Å². The van der Waals surface area contributed by atoms with Gasteiger partial charge in [-0.25, -0.2) is 4.98 Å². The van der Waals surface area contributed by atoms with Crippen LogP contribution in [0.15, 0.2) is 6.07 Å². The molecule has 0 spiro atoms. The first-order chi connectivity index (χ1) is 10.0. The van der Waals surface area contributed by atoms with E-state index in [1.165, 1.54) is 32.4 Å². The minimum absolute atomic E-state index is 0.131. The zero-order chi connectivity index (χ0) is 15.2. The van der Waals surface area contributed by atoms with Crippen molar-refractivity contribution in [2.45, 2.75) is 46.1 Å². The molecule has 1 aliphatic rings. The van der Waals surface area contributed by atoms with E-state index in [9.17, 15) is 0 Å². The summed E-state index contributed by atoms with van der Waals surface area (Å²) in [5.74, 6) is 2.16. The highest BCUT2D eigenvalue weighted by atomic mass is 16.5. The molecule has 2 rings (SSSR count). The number of piperidine rings is 1. The molecule has 118 valence electrons. The summed E-state index contributed by atoms with van der Waals surface area (Å²) in [5.41, 5.74) is 0.933. The second-order valence-corrected chi connectivity index (χ2v) is 6.30. The van der Waals surface area contributed by atoms with Crippen LogP contribution in [0.1, 0.15) is 38.8 Å². The number of aromatic nitrogens is 2. The molecule has 1 aliphatic heterocycles. The van der Waals surface area contributed by atoms with Crippen LogP contribution in [-0.4, -0.2) is 47.7 Å². The van der Waals surface area contributed by atoms with Gasteiger partial charge >= 0.3 is 0 Å². The van der Waals surface area contributed by atoms with Gasteiger partial charge in [0.15, 0.2) is 0 Å². The average Bonchev–Trinajstić information content (AvgIpc) is 2.39. The van der Waals surface area contributed by atoms with Gasteiger partial charge in [0.25, 0.3) is 0 Å². The lowest BCUT2D eigenvalue weighted by atomic mass is 9.94. The van der Waals surface area contributed by atoms with E-state index in [0.717, 1.165) is 18.2 Å². The Hall–Kier alpha value is -1.36. The topological polar surface area (TPSA) is 50.3 Å². The van der Waals surface area contributed by atoms with Gasteiger partial charge in [-0.1, -0.05) is 0 Å². The Balaban J connectivity index is 1.81. The van der Waals surface area contributed by atoms with Crippen molar-refractivity contribution < 1.29 is 4.74 Å². The maximum Gasteiger partial charge on any atom is 0.226 e. The Bertz CT molecular complexity index is 442. The van der Waals surface area contributed by atoms with Crippen molar-refractivity contribution in [1.29, 1.82) is 0 Å². The summed E-state index contributed by atoms with van der Waals surface area (Å²) in [6, 6.07) is 1.88. The summed E-state index contributed by atoms with van der Waals surface area (Å²) in [5, 5.41) is 3.34. The predicted molar refractivity (Wildman–Crippen MR) is 85.9 cm³/mol. The van der Waals surface area contributed by atoms with Crippen LogP contribution in [0, 0.1) is 12.8 Å². The van der Waals surface area contributed by atoms with Gasteiger partial charge in [0.05, 0.1) is 6.10 Å². The molecule has 0 aliphatic carbocycles. The highest BCUT2D eigenvalue weighted by Crippen LogP contribution is 2.19. The fourth-order valence-corrected chi connectivity index (χ4v) is 2.66. The zero-order valence-corrected chi connectivity index (χ0v) is 13.7. The molecule has 0 amide bonds. The van der Waals surface area contributed by atoms with E-state index in [1.54, 1.807) is 0 Å². The summed E-state index contributed by atoms with van der Waals surface area (Å²) in [7, 11) is 2.20. The lowest BCUT2D eigenvalue weighted by Crippen LogP contribution is -2.30. The highest BCUT2D eigenvalue weighted by molar-refractivity contribution is 5.30. The second kappa shape index (κ2) is 7.59. The van der Waals surface area contributed by atoms with E-state index < -0.39 is 0 Å². The molecule has 1 aromatic rings. The molecule has 0 radical (unpaired) electrons. The molecule has 1 N–H and O–H groups in total. The van der Waals surface area contributed by atoms with Crippen LogP contribution >= 0.6 is 0 Å². The molecular formula is C16H28N4O. The van der Waals surface area contributed by atoms with Crippen LogP contribution in [0.2, 0.25) is 0 Å². The lowest BCUT2D eigenvalue weighted by Gasteiger charge is -2.28. The van der Waals surface area contributed by atoms with Crippen LogP contribution < -0.4 is 10.1 Å². The number of hydrogen-bond donors (Lipinski definition) is 1. The van der Waals surface area contributed by atoms with Gasteiger partial charge in [0.2, 0.25) is 11.8 Å². The highest BCUT2D eigenvalue weighted by Gasteiger charge is 2.16. The van der Waals surface area contributed by atoms with Gasteiger partial charge in [-0.3, -0.25) is 0 Å². The maximum absolute atomic E-state index is 5.65. The van der Waals surface area contributed by atoms with Gasteiger partial charge in [-0.2, -0.15) is 4.98 Å². The first kappa shape index (κ1) is 16.0. The fraction of sp³-hybridized carbons (Fsp3) is 0.750. The molecule has 0 bridgehead atoms. The fourth-order valence-electron chi connectivity index (χ4n) is 2.66. The Morgan fingerprint density at radius 2 is 2.05 bits per heavy atom. The summed E-state index contributed by atoms with van der Waals surface area (Å²) >= 11 is 0. The first-order valence-electron chi connectivity index (χ1n) is 7.97. The van der Waals surface area contributed by atoms with Crippen molar-refractivity contribution >= 4 is 5.95 Å². The molecule has 5 heteroatoms. The summed E-state index contributed by atoms with van der Waals surface area (Å²) < 4.78 is 5.65. The molecule has 2 heterocycles. The van der Waals surface area contributed by atoms with Crippen molar-refractivity contribution in [3.8, 4) is 5.88 Å². The molecule has 0 atom stereocenters. The van der Waals surface area contributed by atoms with Crippen molar-refractivity contribution in [3.05, 3.63) is 11.8 Å². The van der Waals surface area contributed by atoms with Crippen molar-refractivity contribution in [3.63, 3.8) is 0 Å². The molecule has 0 unspecified atom stereocenters. The largest absolute Gasteiger partial charge is 0.475 e. The molecule has 1 saturated heterocycles. The number of hydrogen-bond acceptors (Lipinski definition) is 5. The van der Waals surface area contributed by atoms with Gasteiger partial charge in [-0.05, 0) is 66.1 Å². The number of aryl methyl sites for hydroxylation is 1. The van der Waals surface area contributed by atoms with Crippen molar-refractivity contribution in [2.75, 3.05) is 32.0 Å². The monoisotopic (exact) mass is 292 g/mol. The molecular weight excluding hydrogens is 264 g/mol. The van der Waals surface area contributed by atoms with Gasteiger partial charge in [0.1, 0.15) is 0 Å². The van der Waals surface area contributed by atoms with Crippen molar-refractivity contribution in [1.82, 2.24) is 14.9 Å². The number of nitrogens with zero attached hydrogens (tertiary/aromatic N) is 3. The minimum Gasteiger partial charge on any atom is -0.475 e. The lowest BCUT2D eigenvalue weighted by molar-refractivity contribution is 0.215. The van der Waals surface area contributed by atoms with Crippen LogP contribution in [0.4, 0.5) is 5.95 Å². The molecule has 1 fully saturated rings. The SMILES string of the molecule is Cc1cc(OC(C)C)nc(NCCC2CCN(C)CC2)n1. The second-order valence-electron chi connectivity index (χ2n) is 6.30. The van der Waals surface area contributed by atoms with E-state index in [2.05, 4.69) is 27.2 Å². The normalized spacial score (nSPS) is 17.2. The smallest absolute Gasteiger partial charge is 0.226 e. The Kier molecular flexibility index (Phi) is 5.79. The number of rotatable bonds is 6. The Morgan fingerprint density at radius 3 is 2.71 bits per heavy atom. The van der Waals surface area contributed by atoms with Crippen LogP contribution in [0.3, 0.4) is 0 Å². The Labute approximate surface area is 128 Å². The molecule has 21 heavy (non-hydrogen) atoms. The molecule has 5 nitrogen and oxygen atoms in total. The quantitative estimate of drug-likeness (QED) is 0.873. The zero-order valence-electron chi connectivity index (χ0n) is 13.7. The Morgan fingerprint density at radius 1 is 1.33 bits per heavy atom. The minimum atomic E-state index is 0.131. The number of nitrogens with one attached hydrogen (secondary N) is 1. The maximum atomic E-state index is 5.65. The summed E-state index contributed by atoms with van der Waals surface area (Å²) in [6.07, 6.45) is 3.92. The third kappa shape index (κ3) is 5.50.